The summed E-state index contributed by atoms with van der Waals surface area (Å²) >= 11 is 7.70. The summed E-state index contributed by atoms with van der Waals surface area (Å²) in [5, 5.41) is 5.41. The van der Waals surface area contributed by atoms with Crippen LogP contribution in [0.3, 0.4) is 0 Å². The topological polar surface area (TPSA) is 15.3 Å². The van der Waals surface area contributed by atoms with Gasteiger partial charge in [0.2, 0.25) is 0 Å². The lowest BCUT2D eigenvalue weighted by Gasteiger charge is -2.35. The number of thiophene rings is 1. The molecule has 4 heteroatoms. The van der Waals surface area contributed by atoms with Crippen LogP contribution in [0.1, 0.15) is 6.92 Å². The SMILES string of the molecule is CC1CNCCN1c1ccsc1Cl. The predicted molar refractivity (Wildman–Crippen MR) is 59.0 cm³/mol. The minimum Gasteiger partial charge on any atom is -0.364 e. The molecule has 1 fully saturated rings. The predicted octanol–water partition coefficient (Wildman–Crippen LogP) is 2.20. The molecule has 2 rings (SSSR count). The van der Waals surface area contributed by atoms with Gasteiger partial charge in [0.25, 0.3) is 0 Å². The van der Waals surface area contributed by atoms with Crippen molar-refractivity contribution < 1.29 is 0 Å². The molecule has 2 heterocycles. The van der Waals surface area contributed by atoms with E-state index in [1.807, 2.05) is 5.38 Å². The highest BCUT2D eigenvalue weighted by Gasteiger charge is 2.20. The van der Waals surface area contributed by atoms with Crippen molar-refractivity contribution in [1.29, 1.82) is 0 Å². The molecule has 0 bridgehead atoms. The minimum atomic E-state index is 0.542. The van der Waals surface area contributed by atoms with Crippen LogP contribution < -0.4 is 10.2 Å². The Morgan fingerprint density at radius 3 is 3.15 bits per heavy atom. The molecule has 0 aromatic carbocycles. The second-order valence-corrected chi connectivity index (χ2v) is 4.84. The van der Waals surface area contributed by atoms with Gasteiger partial charge in [-0.05, 0) is 18.4 Å². The van der Waals surface area contributed by atoms with Crippen molar-refractivity contribution in [1.82, 2.24) is 5.32 Å². The Labute approximate surface area is 87.5 Å². The number of rotatable bonds is 1. The summed E-state index contributed by atoms with van der Waals surface area (Å²) in [6, 6.07) is 2.65. The van der Waals surface area contributed by atoms with Gasteiger partial charge in [-0.15, -0.1) is 11.3 Å². The molecule has 1 aromatic heterocycles. The zero-order valence-electron chi connectivity index (χ0n) is 7.59. The molecule has 1 saturated heterocycles. The summed E-state index contributed by atoms with van der Waals surface area (Å²) in [7, 11) is 0. The van der Waals surface area contributed by atoms with Crippen molar-refractivity contribution in [3.63, 3.8) is 0 Å². The molecule has 1 unspecified atom stereocenters. The highest BCUT2D eigenvalue weighted by atomic mass is 35.5. The molecule has 1 aliphatic heterocycles. The lowest BCUT2D eigenvalue weighted by molar-refractivity contribution is 0.501. The first-order valence-electron chi connectivity index (χ1n) is 4.49. The molecule has 2 nitrogen and oxygen atoms in total. The van der Waals surface area contributed by atoms with Crippen LogP contribution in [0.5, 0.6) is 0 Å². The maximum absolute atomic E-state index is 6.09. The van der Waals surface area contributed by atoms with Crippen LogP contribution in [0.2, 0.25) is 4.34 Å². The van der Waals surface area contributed by atoms with E-state index in [9.17, 15) is 0 Å². The fourth-order valence-corrected chi connectivity index (χ4v) is 2.64. The minimum absolute atomic E-state index is 0.542. The van der Waals surface area contributed by atoms with E-state index in [1.165, 1.54) is 5.69 Å². The Bertz CT molecular complexity index is 287. The average molecular weight is 217 g/mol. The number of nitrogens with zero attached hydrogens (tertiary/aromatic N) is 1. The van der Waals surface area contributed by atoms with Gasteiger partial charge in [-0.2, -0.15) is 0 Å². The first-order chi connectivity index (χ1) is 6.29. The van der Waals surface area contributed by atoms with Gasteiger partial charge in [0.15, 0.2) is 0 Å². The van der Waals surface area contributed by atoms with Gasteiger partial charge in [0.1, 0.15) is 4.34 Å². The van der Waals surface area contributed by atoms with Crippen molar-refractivity contribution in [2.75, 3.05) is 24.5 Å². The van der Waals surface area contributed by atoms with Crippen LogP contribution in [0.15, 0.2) is 11.4 Å². The van der Waals surface area contributed by atoms with Gasteiger partial charge in [0.05, 0.1) is 5.69 Å². The molecule has 0 radical (unpaired) electrons. The number of piperazine rings is 1. The molecule has 1 aromatic rings. The van der Waals surface area contributed by atoms with E-state index in [0.29, 0.717) is 6.04 Å². The number of hydrogen-bond acceptors (Lipinski definition) is 3. The summed E-state index contributed by atoms with van der Waals surface area (Å²) in [4.78, 5) is 2.37. The zero-order chi connectivity index (χ0) is 9.26. The van der Waals surface area contributed by atoms with Crippen LogP contribution in [0, 0.1) is 0 Å². The maximum Gasteiger partial charge on any atom is 0.116 e. The Balaban J connectivity index is 2.19. The first-order valence-corrected chi connectivity index (χ1v) is 5.75. The van der Waals surface area contributed by atoms with Crippen LogP contribution in [0.4, 0.5) is 5.69 Å². The number of hydrogen-bond donors (Lipinski definition) is 1. The third-order valence-electron chi connectivity index (χ3n) is 2.41. The molecule has 0 aliphatic carbocycles. The number of halogens is 1. The average Bonchev–Trinajstić information content (AvgIpc) is 2.52. The largest absolute Gasteiger partial charge is 0.364 e. The van der Waals surface area contributed by atoms with E-state index in [2.05, 4.69) is 23.2 Å². The van der Waals surface area contributed by atoms with Crippen molar-refractivity contribution in [3.8, 4) is 0 Å². The van der Waals surface area contributed by atoms with E-state index in [0.717, 1.165) is 24.0 Å². The maximum atomic E-state index is 6.09. The smallest absolute Gasteiger partial charge is 0.116 e. The lowest BCUT2D eigenvalue weighted by Crippen LogP contribution is -2.49. The third kappa shape index (κ3) is 1.82. The van der Waals surface area contributed by atoms with E-state index in [4.69, 9.17) is 11.6 Å². The fraction of sp³-hybridized carbons (Fsp3) is 0.556. The number of nitrogens with one attached hydrogen (secondary N) is 1. The Kier molecular flexibility index (Phi) is 2.77. The van der Waals surface area contributed by atoms with Gasteiger partial charge >= 0.3 is 0 Å². The Hall–Kier alpha value is -0.250. The summed E-state index contributed by atoms with van der Waals surface area (Å²) in [5.74, 6) is 0. The summed E-state index contributed by atoms with van der Waals surface area (Å²) in [5.41, 5.74) is 1.20. The molecule has 0 spiro atoms. The highest BCUT2D eigenvalue weighted by molar-refractivity contribution is 7.15. The van der Waals surface area contributed by atoms with Crippen molar-refractivity contribution in [2.24, 2.45) is 0 Å². The molecule has 1 N–H and O–H groups in total. The van der Waals surface area contributed by atoms with E-state index in [-0.39, 0.29) is 0 Å². The lowest BCUT2D eigenvalue weighted by atomic mass is 10.2. The normalized spacial score (nSPS) is 23.5. The molecule has 1 aliphatic rings. The van der Waals surface area contributed by atoms with Crippen LogP contribution in [-0.4, -0.2) is 25.7 Å². The summed E-state index contributed by atoms with van der Waals surface area (Å²) in [6.45, 7) is 5.38. The third-order valence-corrected chi connectivity index (χ3v) is 3.56. The second-order valence-electron chi connectivity index (χ2n) is 3.33. The second kappa shape index (κ2) is 3.86. The van der Waals surface area contributed by atoms with Gasteiger partial charge < -0.3 is 10.2 Å². The Morgan fingerprint density at radius 2 is 2.54 bits per heavy atom. The van der Waals surface area contributed by atoms with Gasteiger partial charge in [-0.1, -0.05) is 11.6 Å². The van der Waals surface area contributed by atoms with Crippen LogP contribution in [-0.2, 0) is 0 Å². The molecule has 13 heavy (non-hydrogen) atoms. The molecular formula is C9H13ClN2S. The molecule has 0 amide bonds. The first kappa shape index (κ1) is 9.31. The summed E-state index contributed by atoms with van der Waals surface area (Å²) < 4.78 is 0.911. The highest BCUT2D eigenvalue weighted by Crippen LogP contribution is 2.32. The van der Waals surface area contributed by atoms with E-state index in [1.54, 1.807) is 11.3 Å². The molecule has 0 saturated carbocycles. The molecule has 1 atom stereocenters. The monoisotopic (exact) mass is 216 g/mol. The van der Waals surface area contributed by atoms with Gasteiger partial charge in [-0.3, -0.25) is 0 Å². The Morgan fingerprint density at radius 1 is 1.69 bits per heavy atom. The molecular weight excluding hydrogens is 204 g/mol. The van der Waals surface area contributed by atoms with Crippen LogP contribution >= 0.6 is 22.9 Å². The quantitative estimate of drug-likeness (QED) is 0.775. The number of anilines is 1. The van der Waals surface area contributed by atoms with Gasteiger partial charge in [0, 0.05) is 25.7 Å². The van der Waals surface area contributed by atoms with Crippen molar-refractivity contribution >= 4 is 28.6 Å². The zero-order valence-corrected chi connectivity index (χ0v) is 9.16. The van der Waals surface area contributed by atoms with E-state index < -0.39 is 0 Å². The summed E-state index contributed by atoms with van der Waals surface area (Å²) in [6.07, 6.45) is 0. The van der Waals surface area contributed by atoms with Gasteiger partial charge in [-0.25, -0.2) is 0 Å². The molecule has 72 valence electrons. The standard InChI is InChI=1S/C9H13ClN2S/c1-7-6-11-3-4-12(7)8-2-5-13-9(8)10/h2,5,7,11H,3-4,6H2,1H3. The van der Waals surface area contributed by atoms with Crippen molar-refractivity contribution in [3.05, 3.63) is 15.8 Å². The van der Waals surface area contributed by atoms with Crippen molar-refractivity contribution in [2.45, 2.75) is 13.0 Å². The van der Waals surface area contributed by atoms with E-state index >= 15 is 0 Å². The van der Waals surface area contributed by atoms with Crippen LogP contribution in [0.25, 0.3) is 0 Å². The fourth-order valence-electron chi connectivity index (χ4n) is 1.69.